The number of allylic oxidation sites excluding steroid dienone is 1. The zero-order valence-electron chi connectivity index (χ0n) is 16.3. The summed E-state index contributed by atoms with van der Waals surface area (Å²) in [5.41, 5.74) is 4.04. The number of thioether (sulfide) groups is 1. The second-order valence-corrected chi connectivity index (χ2v) is 7.63. The molecule has 1 aliphatic rings. The maximum absolute atomic E-state index is 12.5. The molecule has 1 saturated heterocycles. The Balaban J connectivity index is 1.68. The lowest BCUT2D eigenvalue weighted by Crippen LogP contribution is -2.19. The Morgan fingerprint density at radius 2 is 1.97 bits per heavy atom. The number of amides is 1. The Morgan fingerprint density at radius 1 is 1.21 bits per heavy atom. The first kappa shape index (κ1) is 19.1. The van der Waals surface area contributed by atoms with Crippen LogP contribution in [0.15, 0.2) is 71.1 Å². The fourth-order valence-corrected chi connectivity index (χ4v) is 4.21. The van der Waals surface area contributed by atoms with Gasteiger partial charge in [0.15, 0.2) is 5.17 Å². The summed E-state index contributed by atoms with van der Waals surface area (Å²) in [6.45, 7) is 6.65. The predicted molar refractivity (Wildman–Crippen MR) is 121 cm³/mol. The molecule has 1 aliphatic heterocycles. The molecule has 5 nitrogen and oxygen atoms in total. The zero-order valence-corrected chi connectivity index (χ0v) is 17.1. The predicted octanol–water partition coefficient (Wildman–Crippen LogP) is 5.04. The largest absolute Gasteiger partial charge is 0.497 e. The van der Waals surface area contributed by atoms with E-state index in [0.29, 0.717) is 10.1 Å². The number of amidine groups is 1. The fourth-order valence-electron chi connectivity index (χ4n) is 3.39. The number of nitrogens with zero attached hydrogens (tertiary/aromatic N) is 2. The standard InChI is InChI=1S/C23H21N3O2S/c1-4-13-26-15(2)19(18-7-5-6-8-20(18)26)14-21-22(27)25-23(29-21)24-16-9-11-17(28-3)12-10-16/h4-12,14H,1,13H2,2-3H3,(H,24,25,27)/b21-14-. The molecule has 1 amide bonds. The highest BCUT2D eigenvalue weighted by Crippen LogP contribution is 2.33. The van der Waals surface area contributed by atoms with Gasteiger partial charge in [-0.15, -0.1) is 6.58 Å². The summed E-state index contributed by atoms with van der Waals surface area (Å²) in [7, 11) is 1.62. The van der Waals surface area contributed by atoms with Crippen molar-refractivity contribution in [2.24, 2.45) is 4.99 Å². The van der Waals surface area contributed by atoms with Gasteiger partial charge in [-0.2, -0.15) is 0 Å². The average Bonchev–Trinajstić information content (AvgIpc) is 3.21. The number of ether oxygens (including phenoxy) is 1. The monoisotopic (exact) mass is 403 g/mol. The van der Waals surface area contributed by atoms with Crippen molar-refractivity contribution in [1.29, 1.82) is 0 Å². The number of methoxy groups -OCH3 is 1. The van der Waals surface area contributed by atoms with E-state index in [9.17, 15) is 4.79 Å². The number of aliphatic imine (C=N–C) groups is 1. The van der Waals surface area contributed by atoms with Crippen molar-refractivity contribution in [3.8, 4) is 5.75 Å². The van der Waals surface area contributed by atoms with Crippen molar-refractivity contribution in [3.05, 3.63) is 77.3 Å². The molecule has 2 aromatic carbocycles. The van der Waals surface area contributed by atoms with Gasteiger partial charge in [0.05, 0.1) is 17.7 Å². The number of hydrogen-bond acceptors (Lipinski definition) is 4. The number of fused-ring (bicyclic) bond motifs is 1. The number of benzene rings is 2. The number of rotatable bonds is 5. The van der Waals surface area contributed by atoms with Crippen molar-refractivity contribution in [2.45, 2.75) is 13.5 Å². The van der Waals surface area contributed by atoms with Crippen LogP contribution in [0.25, 0.3) is 17.0 Å². The van der Waals surface area contributed by atoms with Gasteiger partial charge in [-0.1, -0.05) is 24.3 Å². The van der Waals surface area contributed by atoms with Crippen molar-refractivity contribution >= 4 is 45.5 Å². The molecule has 1 aromatic heterocycles. The van der Waals surface area contributed by atoms with E-state index in [1.807, 2.05) is 48.6 Å². The van der Waals surface area contributed by atoms with Crippen LogP contribution in [-0.4, -0.2) is 22.8 Å². The Labute approximate surface area is 173 Å². The third-order valence-corrected chi connectivity index (χ3v) is 5.73. The minimum Gasteiger partial charge on any atom is -0.497 e. The third kappa shape index (κ3) is 3.71. The Hall–Kier alpha value is -3.25. The molecule has 0 bridgehead atoms. The molecule has 2 heterocycles. The fraction of sp³-hybridized carbons (Fsp3) is 0.130. The van der Waals surface area contributed by atoms with Crippen LogP contribution in [0.4, 0.5) is 5.69 Å². The molecule has 0 unspecified atom stereocenters. The molecule has 3 aromatic rings. The van der Waals surface area contributed by atoms with Crippen molar-refractivity contribution in [1.82, 2.24) is 9.88 Å². The van der Waals surface area contributed by atoms with E-state index in [2.05, 4.69) is 40.5 Å². The first-order valence-corrected chi connectivity index (χ1v) is 10.0. The van der Waals surface area contributed by atoms with E-state index in [1.165, 1.54) is 11.8 Å². The summed E-state index contributed by atoms with van der Waals surface area (Å²) in [5.74, 6) is 0.631. The molecule has 1 fully saturated rings. The molecule has 29 heavy (non-hydrogen) atoms. The molecule has 4 rings (SSSR count). The van der Waals surface area contributed by atoms with Gasteiger partial charge in [0.1, 0.15) is 5.75 Å². The Kier molecular flexibility index (Phi) is 5.27. The third-order valence-electron chi connectivity index (χ3n) is 4.82. The van der Waals surface area contributed by atoms with Crippen LogP contribution in [0.2, 0.25) is 0 Å². The maximum Gasteiger partial charge on any atom is 0.264 e. The highest BCUT2D eigenvalue weighted by Gasteiger charge is 2.25. The second-order valence-electron chi connectivity index (χ2n) is 6.60. The smallest absolute Gasteiger partial charge is 0.264 e. The molecule has 0 radical (unpaired) electrons. The normalized spacial score (nSPS) is 16.6. The maximum atomic E-state index is 12.5. The first-order valence-electron chi connectivity index (χ1n) is 9.23. The summed E-state index contributed by atoms with van der Waals surface area (Å²) < 4.78 is 7.37. The van der Waals surface area contributed by atoms with Gasteiger partial charge >= 0.3 is 0 Å². The molecular formula is C23H21N3O2S. The van der Waals surface area contributed by atoms with Crippen molar-refractivity contribution in [3.63, 3.8) is 0 Å². The van der Waals surface area contributed by atoms with E-state index < -0.39 is 0 Å². The summed E-state index contributed by atoms with van der Waals surface area (Å²) in [5, 5.41) is 4.54. The van der Waals surface area contributed by atoms with E-state index in [0.717, 1.165) is 40.1 Å². The van der Waals surface area contributed by atoms with Gasteiger partial charge in [-0.3, -0.25) is 4.79 Å². The number of nitrogens with one attached hydrogen (secondary N) is 1. The highest BCUT2D eigenvalue weighted by atomic mass is 32.2. The van der Waals surface area contributed by atoms with Crippen LogP contribution >= 0.6 is 11.8 Å². The molecule has 1 N–H and O–H groups in total. The molecule has 146 valence electrons. The lowest BCUT2D eigenvalue weighted by molar-refractivity contribution is -0.115. The van der Waals surface area contributed by atoms with E-state index in [-0.39, 0.29) is 5.91 Å². The Morgan fingerprint density at radius 3 is 2.69 bits per heavy atom. The van der Waals surface area contributed by atoms with Gasteiger partial charge in [0.2, 0.25) is 0 Å². The summed E-state index contributed by atoms with van der Waals surface area (Å²) in [4.78, 5) is 17.7. The van der Waals surface area contributed by atoms with Crippen LogP contribution in [0.5, 0.6) is 5.75 Å². The molecular weight excluding hydrogens is 382 g/mol. The van der Waals surface area contributed by atoms with Crippen molar-refractivity contribution in [2.75, 3.05) is 7.11 Å². The zero-order chi connectivity index (χ0) is 20.4. The number of para-hydroxylation sites is 1. The number of aromatic nitrogens is 1. The minimum atomic E-state index is -0.137. The van der Waals surface area contributed by atoms with Gasteiger partial charge in [0.25, 0.3) is 5.91 Å². The second kappa shape index (κ2) is 8.01. The quantitative estimate of drug-likeness (QED) is 0.480. The van der Waals surface area contributed by atoms with E-state index in [1.54, 1.807) is 7.11 Å². The summed E-state index contributed by atoms with van der Waals surface area (Å²) in [6.07, 6.45) is 3.83. The summed E-state index contributed by atoms with van der Waals surface area (Å²) in [6, 6.07) is 15.6. The van der Waals surface area contributed by atoms with Crippen LogP contribution < -0.4 is 10.1 Å². The van der Waals surface area contributed by atoms with Crippen LogP contribution in [0, 0.1) is 6.92 Å². The van der Waals surface area contributed by atoms with Crippen LogP contribution in [0.1, 0.15) is 11.3 Å². The van der Waals surface area contributed by atoms with Gasteiger partial charge < -0.3 is 14.6 Å². The lowest BCUT2D eigenvalue weighted by atomic mass is 10.1. The van der Waals surface area contributed by atoms with Crippen LogP contribution in [0.3, 0.4) is 0 Å². The SMILES string of the molecule is C=CCn1c(C)c(/C=C2\SC(=Nc3ccc(OC)cc3)NC2=O)c2ccccc21. The van der Waals surface area contributed by atoms with Gasteiger partial charge in [-0.25, -0.2) is 4.99 Å². The molecule has 6 heteroatoms. The van der Waals surface area contributed by atoms with E-state index >= 15 is 0 Å². The number of hydrogen-bond donors (Lipinski definition) is 1. The van der Waals surface area contributed by atoms with Gasteiger partial charge in [-0.05, 0) is 55.1 Å². The van der Waals surface area contributed by atoms with Crippen LogP contribution in [-0.2, 0) is 11.3 Å². The molecule has 0 saturated carbocycles. The molecule has 0 aliphatic carbocycles. The Bertz CT molecular complexity index is 1160. The number of carbonyl (C=O) groups is 1. The lowest BCUT2D eigenvalue weighted by Gasteiger charge is -2.04. The minimum absolute atomic E-state index is 0.137. The molecule has 0 atom stereocenters. The van der Waals surface area contributed by atoms with Crippen molar-refractivity contribution < 1.29 is 9.53 Å². The highest BCUT2D eigenvalue weighted by molar-refractivity contribution is 8.18. The van der Waals surface area contributed by atoms with Gasteiger partial charge in [0, 0.05) is 28.7 Å². The molecule has 0 spiro atoms. The summed E-state index contributed by atoms with van der Waals surface area (Å²) >= 11 is 1.35. The van der Waals surface area contributed by atoms with E-state index in [4.69, 9.17) is 4.74 Å². The first-order chi connectivity index (χ1) is 14.1. The topological polar surface area (TPSA) is 55.6 Å². The number of carbonyl (C=O) groups excluding carboxylic acids is 1. The average molecular weight is 404 g/mol.